The van der Waals surface area contributed by atoms with Crippen molar-refractivity contribution >= 4 is 51.5 Å². The minimum Gasteiger partial charge on any atom is -0.497 e. The summed E-state index contributed by atoms with van der Waals surface area (Å²) >= 11 is 8.23. The number of carbonyl (C=O) groups is 1. The Hall–Kier alpha value is -1.47. The molecule has 0 fully saturated rings. The van der Waals surface area contributed by atoms with Gasteiger partial charge in [0.05, 0.1) is 23.4 Å². The second kappa shape index (κ2) is 6.32. The maximum atomic E-state index is 12.2. The summed E-state index contributed by atoms with van der Waals surface area (Å²) < 4.78 is 6.04. The molecule has 2 aromatic rings. The van der Waals surface area contributed by atoms with Crippen LogP contribution in [0.5, 0.6) is 5.75 Å². The summed E-state index contributed by atoms with van der Waals surface area (Å²) in [4.78, 5) is 12.2. The average molecular weight is 403 g/mol. The number of nitrogen functional groups attached to an aromatic ring is 1. The Morgan fingerprint density at radius 2 is 2.05 bits per heavy atom. The molecule has 3 N–H and O–H groups in total. The van der Waals surface area contributed by atoms with E-state index in [9.17, 15) is 4.79 Å². The molecule has 0 saturated heterocycles. The van der Waals surface area contributed by atoms with Crippen molar-refractivity contribution in [3.8, 4) is 5.75 Å². The highest BCUT2D eigenvalue weighted by atomic mass is 127. The van der Waals surface area contributed by atoms with Crippen molar-refractivity contribution in [2.75, 3.05) is 18.2 Å². The average Bonchev–Trinajstić information content (AvgIpc) is 2.41. The van der Waals surface area contributed by atoms with E-state index in [1.807, 2.05) is 6.07 Å². The molecule has 0 atom stereocenters. The predicted molar refractivity (Wildman–Crippen MR) is 89.5 cm³/mol. The van der Waals surface area contributed by atoms with Crippen molar-refractivity contribution in [1.82, 2.24) is 0 Å². The minimum absolute atomic E-state index is 0.312. The molecule has 0 radical (unpaired) electrons. The normalized spacial score (nSPS) is 10.2. The van der Waals surface area contributed by atoms with Crippen LogP contribution in [0.25, 0.3) is 0 Å². The standard InChI is InChI=1S/C14H12ClIN2O2/c1-20-9-3-4-10(12(17)7-9)14(19)18-13-5-2-8(16)6-11(13)15/h2-7H,17H2,1H3,(H,18,19). The number of hydrogen-bond acceptors (Lipinski definition) is 3. The summed E-state index contributed by atoms with van der Waals surface area (Å²) in [6, 6.07) is 10.3. The Kier molecular flexibility index (Phi) is 4.72. The Labute approximate surface area is 135 Å². The monoisotopic (exact) mass is 402 g/mol. The summed E-state index contributed by atoms with van der Waals surface area (Å²) in [5.74, 6) is 0.291. The van der Waals surface area contributed by atoms with Gasteiger partial charge in [0.2, 0.25) is 0 Å². The third kappa shape index (κ3) is 3.34. The molecule has 0 saturated carbocycles. The molecule has 0 bridgehead atoms. The van der Waals surface area contributed by atoms with Crippen LogP contribution in [0.1, 0.15) is 10.4 Å². The molecule has 104 valence electrons. The number of halogens is 2. The Morgan fingerprint density at radius 3 is 2.65 bits per heavy atom. The lowest BCUT2D eigenvalue weighted by Gasteiger charge is -2.10. The highest BCUT2D eigenvalue weighted by Crippen LogP contribution is 2.26. The molecule has 4 nitrogen and oxygen atoms in total. The van der Waals surface area contributed by atoms with Crippen LogP contribution in [0, 0.1) is 3.57 Å². The third-order valence-corrected chi connectivity index (χ3v) is 3.67. The maximum Gasteiger partial charge on any atom is 0.257 e. The largest absolute Gasteiger partial charge is 0.497 e. The van der Waals surface area contributed by atoms with Crippen molar-refractivity contribution in [3.05, 3.63) is 50.6 Å². The van der Waals surface area contributed by atoms with Crippen molar-refractivity contribution in [2.24, 2.45) is 0 Å². The lowest BCUT2D eigenvalue weighted by molar-refractivity contribution is 0.102. The molecule has 0 unspecified atom stereocenters. The molecule has 0 heterocycles. The summed E-state index contributed by atoms with van der Waals surface area (Å²) in [7, 11) is 1.54. The van der Waals surface area contributed by atoms with E-state index in [1.165, 1.54) is 0 Å². The molecule has 20 heavy (non-hydrogen) atoms. The van der Waals surface area contributed by atoms with Gasteiger partial charge in [-0.25, -0.2) is 0 Å². The van der Waals surface area contributed by atoms with E-state index in [0.717, 1.165) is 3.57 Å². The van der Waals surface area contributed by atoms with Crippen molar-refractivity contribution in [3.63, 3.8) is 0 Å². The number of amides is 1. The van der Waals surface area contributed by atoms with Gasteiger partial charge in [-0.3, -0.25) is 4.79 Å². The van der Waals surface area contributed by atoms with Crippen molar-refractivity contribution < 1.29 is 9.53 Å². The number of methoxy groups -OCH3 is 1. The van der Waals surface area contributed by atoms with E-state index in [-0.39, 0.29) is 5.91 Å². The zero-order valence-electron chi connectivity index (χ0n) is 10.6. The first-order chi connectivity index (χ1) is 9.51. The van der Waals surface area contributed by atoms with Gasteiger partial charge in [-0.2, -0.15) is 0 Å². The van der Waals surface area contributed by atoms with Gasteiger partial charge in [0.1, 0.15) is 5.75 Å². The Bertz CT molecular complexity index is 662. The fourth-order valence-electron chi connectivity index (χ4n) is 1.66. The number of rotatable bonds is 3. The predicted octanol–water partition coefficient (Wildman–Crippen LogP) is 3.79. The highest BCUT2D eigenvalue weighted by molar-refractivity contribution is 14.1. The molecule has 1 amide bonds. The van der Waals surface area contributed by atoms with E-state index in [0.29, 0.717) is 27.7 Å². The van der Waals surface area contributed by atoms with Crippen molar-refractivity contribution in [2.45, 2.75) is 0 Å². The Balaban J connectivity index is 2.24. The van der Waals surface area contributed by atoms with Crippen LogP contribution in [0.3, 0.4) is 0 Å². The first-order valence-corrected chi connectivity index (χ1v) is 7.17. The number of nitrogens with two attached hydrogens (primary N) is 1. The van der Waals surface area contributed by atoms with E-state index in [2.05, 4.69) is 27.9 Å². The number of hydrogen-bond donors (Lipinski definition) is 2. The molecule has 2 rings (SSSR count). The maximum absolute atomic E-state index is 12.2. The smallest absolute Gasteiger partial charge is 0.257 e. The zero-order chi connectivity index (χ0) is 14.7. The number of carbonyl (C=O) groups excluding carboxylic acids is 1. The zero-order valence-corrected chi connectivity index (χ0v) is 13.5. The lowest BCUT2D eigenvalue weighted by Crippen LogP contribution is -2.14. The van der Waals surface area contributed by atoms with Crippen LogP contribution >= 0.6 is 34.2 Å². The molecule has 0 aromatic heterocycles. The van der Waals surface area contributed by atoms with Crippen LogP contribution in [0.4, 0.5) is 11.4 Å². The van der Waals surface area contributed by atoms with Gasteiger partial charge in [-0.05, 0) is 52.9 Å². The molecular weight excluding hydrogens is 391 g/mol. The van der Waals surface area contributed by atoms with Gasteiger partial charge in [-0.1, -0.05) is 11.6 Å². The third-order valence-electron chi connectivity index (χ3n) is 2.68. The first kappa shape index (κ1) is 14.9. The SMILES string of the molecule is COc1ccc(C(=O)Nc2ccc(I)cc2Cl)c(N)c1. The summed E-state index contributed by atoms with van der Waals surface area (Å²) in [5.41, 5.74) is 7.11. The topological polar surface area (TPSA) is 64.3 Å². The second-order valence-corrected chi connectivity index (χ2v) is 5.68. The van der Waals surface area contributed by atoms with Crippen LogP contribution in [0.15, 0.2) is 36.4 Å². The first-order valence-electron chi connectivity index (χ1n) is 5.71. The van der Waals surface area contributed by atoms with Crippen LogP contribution in [-0.2, 0) is 0 Å². The Morgan fingerprint density at radius 1 is 1.30 bits per heavy atom. The van der Waals surface area contributed by atoms with Gasteiger partial charge in [0.15, 0.2) is 0 Å². The van der Waals surface area contributed by atoms with Crippen LogP contribution in [0.2, 0.25) is 5.02 Å². The molecule has 6 heteroatoms. The molecule has 0 aliphatic carbocycles. The number of benzene rings is 2. The molecule has 0 spiro atoms. The quantitative estimate of drug-likeness (QED) is 0.606. The molecule has 2 aromatic carbocycles. The van der Waals surface area contributed by atoms with Gasteiger partial charge in [0.25, 0.3) is 5.91 Å². The van der Waals surface area contributed by atoms with E-state index in [1.54, 1.807) is 37.4 Å². The number of ether oxygens (including phenoxy) is 1. The fraction of sp³-hybridized carbons (Fsp3) is 0.0714. The van der Waals surface area contributed by atoms with Gasteiger partial charge >= 0.3 is 0 Å². The van der Waals surface area contributed by atoms with Gasteiger partial charge in [0, 0.05) is 15.3 Å². The van der Waals surface area contributed by atoms with Crippen LogP contribution in [-0.4, -0.2) is 13.0 Å². The molecular formula is C14H12ClIN2O2. The van der Waals surface area contributed by atoms with E-state index in [4.69, 9.17) is 22.1 Å². The van der Waals surface area contributed by atoms with E-state index < -0.39 is 0 Å². The number of anilines is 2. The van der Waals surface area contributed by atoms with Crippen LogP contribution < -0.4 is 15.8 Å². The van der Waals surface area contributed by atoms with Gasteiger partial charge < -0.3 is 15.8 Å². The molecule has 0 aliphatic heterocycles. The second-order valence-electron chi connectivity index (χ2n) is 4.03. The van der Waals surface area contributed by atoms with E-state index >= 15 is 0 Å². The fourth-order valence-corrected chi connectivity index (χ4v) is 2.56. The number of nitrogens with one attached hydrogen (secondary N) is 1. The van der Waals surface area contributed by atoms with Gasteiger partial charge in [-0.15, -0.1) is 0 Å². The summed E-state index contributed by atoms with van der Waals surface area (Å²) in [6.07, 6.45) is 0. The minimum atomic E-state index is -0.312. The highest BCUT2D eigenvalue weighted by Gasteiger charge is 2.12. The summed E-state index contributed by atoms with van der Waals surface area (Å²) in [6.45, 7) is 0. The van der Waals surface area contributed by atoms with Crippen molar-refractivity contribution in [1.29, 1.82) is 0 Å². The molecule has 0 aliphatic rings. The lowest BCUT2D eigenvalue weighted by atomic mass is 10.1. The summed E-state index contributed by atoms with van der Waals surface area (Å²) in [5, 5.41) is 3.22.